The summed E-state index contributed by atoms with van der Waals surface area (Å²) >= 11 is 0. The average molecular weight is 276 g/mol. The fourth-order valence-electron chi connectivity index (χ4n) is 2.43. The number of anilines is 1. The Kier molecular flexibility index (Phi) is 4.98. The quantitative estimate of drug-likeness (QED) is 0.807. The van der Waals surface area contributed by atoms with Crippen LogP contribution in [0.25, 0.3) is 0 Å². The van der Waals surface area contributed by atoms with Gasteiger partial charge in [0.2, 0.25) is 0 Å². The van der Waals surface area contributed by atoms with E-state index in [-0.39, 0.29) is 18.6 Å². The van der Waals surface area contributed by atoms with Crippen molar-refractivity contribution < 1.29 is 14.3 Å². The monoisotopic (exact) mass is 276 g/mol. The summed E-state index contributed by atoms with van der Waals surface area (Å²) in [7, 11) is 1.74. The van der Waals surface area contributed by atoms with Crippen molar-refractivity contribution >= 4 is 17.6 Å². The Labute approximate surface area is 118 Å². The standard InChI is InChI=1S/C15H20N2O3/c1-16-13-9-5-4-8-12(13)15(19)20-10-14(18)17-11-6-2-3-7-11/h4-5,8-9,11,16H,2-3,6-7,10H2,1H3,(H,17,18). The fourth-order valence-corrected chi connectivity index (χ4v) is 2.43. The molecule has 1 fully saturated rings. The zero-order chi connectivity index (χ0) is 14.4. The lowest BCUT2D eigenvalue weighted by molar-refractivity contribution is -0.124. The Hall–Kier alpha value is -2.04. The number of esters is 1. The molecule has 1 amide bonds. The van der Waals surface area contributed by atoms with Gasteiger partial charge in [0.05, 0.1) is 5.56 Å². The van der Waals surface area contributed by atoms with Crippen LogP contribution in [0.3, 0.4) is 0 Å². The molecule has 1 aromatic carbocycles. The van der Waals surface area contributed by atoms with Crippen LogP contribution in [0.15, 0.2) is 24.3 Å². The molecule has 0 radical (unpaired) electrons. The summed E-state index contributed by atoms with van der Waals surface area (Å²) in [5, 5.41) is 5.80. The van der Waals surface area contributed by atoms with Crippen LogP contribution in [0, 0.1) is 0 Å². The van der Waals surface area contributed by atoms with Crippen molar-refractivity contribution in [2.24, 2.45) is 0 Å². The van der Waals surface area contributed by atoms with E-state index in [0.717, 1.165) is 25.7 Å². The molecule has 1 aliphatic carbocycles. The first-order chi connectivity index (χ1) is 9.70. The third-order valence-corrected chi connectivity index (χ3v) is 3.47. The molecule has 0 bridgehead atoms. The minimum absolute atomic E-state index is 0.229. The smallest absolute Gasteiger partial charge is 0.340 e. The van der Waals surface area contributed by atoms with Gasteiger partial charge in [-0.15, -0.1) is 0 Å². The number of hydrogen-bond donors (Lipinski definition) is 2. The summed E-state index contributed by atoms with van der Waals surface area (Å²) in [4.78, 5) is 23.6. The number of nitrogens with one attached hydrogen (secondary N) is 2. The van der Waals surface area contributed by atoms with Gasteiger partial charge in [0.1, 0.15) is 0 Å². The second-order valence-corrected chi connectivity index (χ2v) is 4.92. The first kappa shape index (κ1) is 14.4. The van der Waals surface area contributed by atoms with Crippen molar-refractivity contribution in [1.82, 2.24) is 5.32 Å². The van der Waals surface area contributed by atoms with Gasteiger partial charge in [-0.3, -0.25) is 4.79 Å². The highest BCUT2D eigenvalue weighted by Crippen LogP contribution is 2.18. The second kappa shape index (κ2) is 6.93. The molecule has 0 aliphatic heterocycles. The molecule has 1 aliphatic rings. The number of carbonyl (C=O) groups is 2. The topological polar surface area (TPSA) is 67.4 Å². The van der Waals surface area contributed by atoms with Crippen LogP contribution in [-0.2, 0) is 9.53 Å². The Morgan fingerprint density at radius 2 is 1.95 bits per heavy atom. The molecule has 0 unspecified atom stereocenters. The fraction of sp³-hybridized carbons (Fsp3) is 0.467. The van der Waals surface area contributed by atoms with Crippen molar-refractivity contribution in [1.29, 1.82) is 0 Å². The maximum Gasteiger partial charge on any atom is 0.340 e. The van der Waals surface area contributed by atoms with E-state index in [4.69, 9.17) is 4.74 Å². The number of rotatable bonds is 5. The second-order valence-electron chi connectivity index (χ2n) is 4.92. The average Bonchev–Trinajstić information content (AvgIpc) is 2.97. The number of amides is 1. The summed E-state index contributed by atoms with van der Waals surface area (Å²) in [5.74, 6) is -0.719. The maximum atomic E-state index is 11.9. The Balaban J connectivity index is 1.83. The molecule has 0 spiro atoms. The first-order valence-electron chi connectivity index (χ1n) is 6.94. The van der Waals surface area contributed by atoms with Gasteiger partial charge < -0.3 is 15.4 Å². The van der Waals surface area contributed by atoms with Crippen LogP contribution in [0.2, 0.25) is 0 Å². The third-order valence-electron chi connectivity index (χ3n) is 3.47. The predicted molar refractivity (Wildman–Crippen MR) is 76.7 cm³/mol. The SMILES string of the molecule is CNc1ccccc1C(=O)OCC(=O)NC1CCCC1. The molecular weight excluding hydrogens is 256 g/mol. The Bertz CT molecular complexity index is 482. The summed E-state index contributed by atoms with van der Waals surface area (Å²) in [6, 6.07) is 7.29. The zero-order valence-corrected chi connectivity index (χ0v) is 11.6. The van der Waals surface area contributed by atoms with Crippen LogP contribution in [0.1, 0.15) is 36.0 Å². The molecule has 20 heavy (non-hydrogen) atoms. The Morgan fingerprint density at radius 1 is 1.25 bits per heavy atom. The molecule has 0 aromatic heterocycles. The van der Waals surface area contributed by atoms with E-state index in [1.54, 1.807) is 25.2 Å². The van der Waals surface area contributed by atoms with Crippen LogP contribution in [0.5, 0.6) is 0 Å². The summed E-state index contributed by atoms with van der Waals surface area (Å²) < 4.78 is 5.05. The zero-order valence-electron chi connectivity index (χ0n) is 11.6. The van der Waals surface area contributed by atoms with E-state index in [2.05, 4.69) is 10.6 Å². The normalized spacial score (nSPS) is 14.8. The Morgan fingerprint density at radius 3 is 2.65 bits per heavy atom. The minimum atomic E-state index is -0.489. The van der Waals surface area contributed by atoms with Crippen LogP contribution < -0.4 is 10.6 Å². The molecular formula is C15H20N2O3. The highest BCUT2D eigenvalue weighted by atomic mass is 16.5. The van der Waals surface area contributed by atoms with E-state index in [0.29, 0.717) is 11.3 Å². The van der Waals surface area contributed by atoms with Crippen molar-refractivity contribution in [3.8, 4) is 0 Å². The molecule has 2 rings (SSSR count). The molecule has 1 aromatic rings. The predicted octanol–water partition coefficient (Wildman–Crippen LogP) is 1.94. The van der Waals surface area contributed by atoms with E-state index >= 15 is 0 Å². The highest BCUT2D eigenvalue weighted by molar-refractivity contribution is 5.96. The van der Waals surface area contributed by atoms with Crippen molar-refractivity contribution in [3.63, 3.8) is 0 Å². The van der Waals surface area contributed by atoms with E-state index in [9.17, 15) is 9.59 Å². The van der Waals surface area contributed by atoms with Gasteiger partial charge in [-0.1, -0.05) is 25.0 Å². The molecule has 5 heteroatoms. The molecule has 0 heterocycles. The first-order valence-corrected chi connectivity index (χ1v) is 6.94. The van der Waals surface area contributed by atoms with Gasteiger partial charge in [0, 0.05) is 18.8 Å². The van der Waals surface area contributed by atoms with E-state index in [1.165, 1.54) is 0 Å². The lowest BCUT2D eigenvalue weighted by atomic mass is 10.2. The number of benzene rings is 1. The summed E-state index contributed by atoms with van der Waals surface area (Å²) in [6.45, 7) is -0.229. The van der Waals surface area contributed by atoms with Crippen molar-refractivity contribution in [2.45, 2.75) is 31.7 Å². The molecule has 5 nitrogen and oxygen atoms in total. The molecule has 0 atom stereocenters. The number of hydrogen-bond acceptors (Lipinski definition) is 4. The largest absolute Gasteiger partial charge is 0.452 e. The lowest BCUT2D eigenvalue weighted by Gasteiger charge is -2.12. The molecule has 108 valence electrons. The minimum Gasteiger partial charge on any atom is -0.452 e. The number of para-hydroxylation sites is 1. The number of carbonyl (C=O) groups excluding carboxylic acids is 2. The highest BCUT2D eigenvalue weighted by Gasteiger charge is 2.18. The van der Waals surface area contributed by atoms with Crippen LogP contribution in [-0.4, -0.2) is 31.6 Å². The van der Waals surface area contributed by atoms with Gasteiger partial charge >= 0.3 is 5.97 Å². The molecule has 1 saturated carbocycles. The van der Waals surface area contributed by atoms with Crippen LogP contribution in [0.4, 0.5) is 5.69 Å². The third kappa shape index (κ3) is 3.73. The van der Waals surface area contributed by atoms with Gasteiger partial charge in [-0.2, -0.15) is 0 Å². The van der Waals surface area contributed by atoms with Gasteiger partial charge in [-0.25, -0.2) is 4.79 Å². The lowest BCUT2D eigenvalue weighted by Crippen LogP contribution is -2.35. The molecule has 2 N–H and O–H groups in total. The molecule has 0 saturated heterocycles. The summed E-state index contributed by atoms with van der Waals surface area (Å²) in [5.41, 5.74) is 1.12. The van der Waals surface area contributed by atoms with Gasteiger partial charge in [0.15, 0.2) is 6.61 Å². The summed E-state index contributed by atoms with van der Waals surface area (Å²) in [6.07, 6.45) is 4.34. The maximum absolute atomic E-state index is 11.9. The van der Waals surface area contributed by atoms with Crippen molar-refractivity contribution in [3.05, 3.63) is 29.8 Å². The van der Waals surface area contributed by atoms with E-state index < -0.39 is 5.97 Å². The van der Waals surface area contributed by atoms with Gasteiger partial charge in [0.25, 0.3) is 5.91 Å². The van der Waals surface area contributed by atoms with Gasteiger partial charge in [-0.05, 0) is 25.0 Å². The van der Waals surface area contributed by atoms with E-state index in [1.807, 2.05) is 6.07 Å². The van der Waals surface area contributed by atoms with Crippen molar-refractivity contribution in [2.75, 3.05) is 19.0 Å². The number of ether oxygens (including phenoxy) is 1. The van der Waals surface area contributed by atoms with Crippen LogP contribution >= 0.6 is 0 Å².